The van der Waals surface area contributed by atoms with Crippen LogP contribution in [0.15, 0.2) is 0 Å². The third-order valence-electron chi connectivity index (χ3n) is 4.44. The van der Waals surface area contributed by atoms with Crippen molar-refractivity contribution < 1.29 is 0 Å². The van der Waals surface area contributed by atoms with E-state index in [4.69, 9.17) is 0 Å². The van der Waals surface area contributed by atoms with E-state index in [1.54, 1.807) is 5.56 Å². The Hall–Kier alpha value is -0.780. The summed E-state index contributed by atoms with van der Waals surface area (Å²) in [6.45, 7) is 13.7. The maximum absolute atomic E-state index is 2.30. The van der Waals surface area contributed by atoms with Crippen LogP contribution in [0.5, 0.6) is 0 Å². The molecule has 0 saturated heterocycles. The Balaban J connectivity index is 2.92. The lowest BCUT2D eigenvalue weighted by molar-refractivity contribution is 0.664. The molecule has 0 N–H and O–H groups in total. The number of hydrogen-bond donors (Lipinski definition) is 0. The van der Waals surface area contributed by atoms with Crippen molar-refractivity contribution in [3.8, 4) is 0 Å². The van der Waals surface area contributed by atoms with E-state index in [0.717, 1.165) is 0 Å². The predicted molar refractivity (Wildman–Crippen MR) is 78.0 cm³/mol. The zero-order valence-electron chi connectivity index (χ0n) is 12.5. The average molecular weight is 232 g/mol. The van der Waals surface area contributed by atoms with Crippen LogP contribution in [0.25, 0.3) is 0 Å². The number of hydrogen-bond acceptors (Lipinski definition) is 0. The number of benzene rings is 1. The van der Waals surface area contributed by atoms with Gasteiger partial charge in [0.2, 0.25) is 0 Å². The van der Waals surface area contributed by atoms with Gasteiger partial charge in [-0.1, -0.05) is 26.2 Å². The van der Waals surface area contributed by atoms with Crippen LogP contribution in [-0.4, -0.2) is 0 Å². The second-order valence-electron chi connectivity index (χ2n) is 5.41. The van der Waals surface area contributed by atoms with Gasteiger partial charge in [0.1, 0.15) is 0 Å². The van der Waals surface area contributed by atoms with Gasteiger partial charge < -0.3 is 0 Å². The summed E-state index contributed by atoms with van der Waals surface area (Å²) in [6.07, 6.45) is 6.68. The smallest absolute Gasteiger partial charge is 0.0273 e. The fraction of sp³-hybridized carbons (Fsp3) is 0.647. The molecule has 1 rings (SSSR count). The first-order chi connectivity index (χ1) is 8.00. The molecule has 0 amide bonds. The topological polar surface area (TPSA) is 0 Å². The molecule has 0 bridgehead atoms. The first kappa shape index (κ1) is 14.3. The van der Waals surface area contributed by atoms with Crippen molar-refractivity contribution in [3.63, 3.8) is 0 Å². The highest BCUT2D eigenvalue weighted by molar-refractivity contribution is 5.49. The molecule has 0 heterocycles. The monoisotopic (exact) mass is 232 g/mol. The summed E-state index contributed by atoms with van der Waals surface area (Å²) in [5.41, 5.74) is 9.15. The standard InChI is InChI=1S/C17H28/c1-7-8-9-10-11-17-15(5)13(3)12(2)14(4)16(17)6/h7-11H2,1-6H3. The highest BCUT2D eigenvalue weighted by Gasteiger charge is 2.11. The SMILES string of the molecule is CCCCCCc1c(C)c(C)c(C)c(C)c1C. The van der Waals surface area contributed by atoms with Crippen LogP contribution in [0.2, 0.25) is 0 Å². The molecule has 96 valence electrons. The minimum Gasteiger partial charge on any atom is -0.0654 e. The Kier molecular flexibility index (Phi) is 5.24. The highest BCUT2D eigenvalue weighted by Crippen LogP contribution is 2.27. The van der Waals surface area contributed by atoms with Gasteiger partial charge in [-0.25, -0.2) is 0 Å². The van der Waals surface area contributed by atoms with Gasteiger partial charge in [-0.15, -0.1) is 0 Å². The molecule has 0 fully saturated rings. The van der Waals surface area contributed by atoms with E-state index in [2.05, 4.69) is 41.5 Å². The fourth-order valence-electron chi connectivity index (χ4n) is 2.68. The van der Waals surface area contributed by atoms with Crippen molar-refractivity contribution in [1.29, 1.82) is 0 Å². The molecular formula is C17H28. The molecule has 0 aromatic heterocycles. The van der Waals surface area contributed by atoms with Gasteiger partial charge in [-0.2, -0.15) is 0 Å². The molecule has 0 saturated carbocycles. The lowest BCUT2D eigenvalue weighted by Crippen LogP contribution is -2.03. The van der Waals surface area contributed by atoms with Crippen molar-refractivity contribution in [2.75, 3.05) is 0 Å². The predicted octanol–water partition coefficient (Wildman–Crippen LogP) is 5.35. The normalized spacial score (nSPS) is 10.9. The Morgan fingerprint density at radius 3 is 1.53 bits per heavy atom. The summed E-state index contributed by atoms with van der Waals surface area (Å²) in [4.78, 5) is 0. The van der Waals surface area contributed by atoms with E-state index < -0.39 is 0 Å². The molecule has 17 heavy (non-hydrogen) atoms. The average Bonchev–Trinajstić information content (AvgIpc) is 2.33. The van der Waals surface area contributed by atoms with Gasteiger partial charge in [0.25, 0.3) is 0 Å². The zero-order valence-corrected chi connectivity index (χ0v) is 12.5. The fourth-order valence-corrected chi connectivity index (χ4v) is 2.68. The summed E-state index contributed by atoms with van der Waals surface area (Å²) in [6, 6.07) is 0. The van der Waals surface area contributed by atoms with Crippen LogP contribution in [0.1, 0.15) is 66.0 Å². The molecule has 0 heteroatoms. The molecule has 0 nitrogen and oxygen atoms in total. The molecule has 0 aliphatic rings. The van der Waals surface area contributed by atoms with Gasteiger partial charge in [-0.05, 0) is 80.8 Å². The van der Waals surface area contributed by atoms with Crippen LogP contribution in [-0.2, 0) is 6.42 Å². The van der Waals surface area contributed by atoms with E-state index in [9.17, 15) is 0 Å². The van der Waals surface area contributed by atoms with E-state index in [0.29, 0.717) is 0 Å². The lowest BCUT2D eigenvalue weighted by atomic mass is 9.87. The molecule has 0 spiro atoms. The van der Waals surface area contributed by atoms with Crippen molar-refractivity contribution >= 4 is 0 Å². The minimum atomic E-state index is 1.26. The summed E-state index contributed by atoms with van der Waals surface area (Å²) in [5.74, 6) is 0. The Morgan fingerprint density at radius 1 is 0.588 bits per heavy atom. The summed E-state index contributed by atoms with van der Waals surface area (Å²) in [5, 5.41) is 0. The molecule has 0 aliphatic heterocycles. The lowest BCUT2D eigenvalue weighted by Gasteiger charge is -2.18. The second kappa shape index (κ2) is 6.23. The van der Waals surface area contributed by atoms with E-state index >= 15 is 0 Å². The van der Waals surface area contributed by atoms with Crippen LogP contribution >= 0.6 is 0 Å². The molecule has 1 aromatic rings. The van der Waals surface area contributed by atoms with Gasteiger partial charge >= 0.3 is 0 Å². The van der Waals surface area contributed by atoms with Gasteiger partial charge in [-0.3, -0.25) is 0 Å². The summed E-state index contributed by atoms with van der Waals surface area (Å²) in [7, 11) is 0. The number of rotatable bonds is 5. The van der Waals surface area contributed by atoms with Crippen molar-refractivity contribution in [1.82, 2.24) is 0 Å². The minimum absolute atomic E-state index is 1.26. The maximum Gasteiger partial charge on any atom is -0.0273 e. The van der Waals surface area contributed by atoms with E-state index in [-0.39, 0.29) is 0 Å². The first-order valence-electron chi connectivity index (χ1n) is 7.06. The van der Waals surface area contributed by atoms with Crippen LogP contribution in [0, 0.1) is 34.6 Å². The Bertz CT molecular complexity index is 357. The summed E-state index contributed by atoms with van der Waals surface area (Å²) < 4.78 is 0. The third-order valence-corrected chi connectivity index (χ3v) is 4.44. The van der Waals surface area contributed by atoms with Crippen molar-refractivity contribution in [3.05, 3.63) is 33.4 Å². The second-order valence-corrected chi connectivity index (χ2v) is 5.41. The number of unbranched alkanes of at least 4 members (excludes halogenated alkanes) is 3. The van der Waals surface area contributed by atoms with Gasteiger partial charge in [0, 0.05) is 0 Å². The molecule has 0 unspecified atom stereocenters. The highest BCUT2D eigenvalue weighted by atomic mass is 14.2. The molecule has 0 radical (unpaired) electrons. The molecular weight excluding hydrogens is 204 g/mol. The maximum atomic E-state index is 2.30. The van der Waals surface area contributed by atoms with Gasteiger partial charge in [0.15, 0.2) is 0 Å². The van der Waals surface area contributed by atoms with Crippen molar-refractivity contribution in [2.24, 2.45) is 0 Å². The Morgan fingerprint density at radius 2 is 1.06 bits per heavy atom. The third kappa shape index (κ3) is 3.12. The summed E-state index contributed by atoms with van der Waals surface area (Å²) >= 11 is 0. The zero-order chi connectivity index (χ0) is 13.0. The molecule has 0 aliphatic carbocycles. The largest absolute Gasteiger partial charge is 0.0654 e. The molecule has 1 aromatic carbocycles. The van der Waals surface area contributed by atoms with Gasteiger partial charge in [0.05, 0.1) is 0 Å². The van der Waals surface area contributed by atoms with Crippen LogP contribution in [0.4, 0.5) is 0 Å². The molecule has 0 atom stereocenters. The van der Waals surface area contributed by atoms with Crippen molar-refractivity contribution in [2.45, 2.75) is 73.6 Å². The van der Waals surface area contributed by atoms with Crippen LogP contribution in [0.3, 0.4) is 0 Å². The Labute approximate surface area is 107 Å². The first-order valence-corrected chi connectivity index (χ1v) is 7.06. The van der Waals surface area contributed by atoms with E-state index in [1.807, 2.05) is 0 Å². The van der Waals surface area contributed by atoms with Crippen LogP contribution < -0.4 is 0 Å². The van der Waals surface area contributed by atoms with E-state index in [1.165, 1.54) is 59.9 Å². The quantitative estimate of drug-likeness (QED) is 0.600.